The second-order valence-corrected chi connectivity index (χ2v) is 11.8. The van der Waals surface area contributed by atoms with Gasteiger partial charge in [-0.1, -0.05) is 36.6 Å². The standard InChI is InChI=1S/C29H33ClN2O4S2/c1-3-16-31-38(34,35)27-11-8-23(9-12-27)14-17-32(29(33)7-5-6-24-15-19-37-22-24)21-25-20-26(30)10-13-28(25)36-18-4-2/h1,8-13,15,19-20,22,31H,4-7,14,16-18,21H2,2H3. The number of benzene rings is 2. The van der Waals surface area contributed by atoms with E-state index in [0.29, 0.717) is 37.6 Å². The van der Waals surface area contributed by atoms with Gasteiger partial charge in [0.25, 0.3) is 0 Å². The predicted molar refractivity (Wildman–Crippen MR) is 154 cm³/mol. The van der Waals surface area contributed by atoms with E-state index >= 15 is 0 Å². The highest BCUT2D eigenvalue weighted by Gasteiger charge is 2.18. The van der Waals surface area contributed by atoms with E-state index in [1.165, 1.54) is 5.56 Å². The van der Waals surface area contributed by atoms with E-state index in [1.807, 2.05) is 29.3 Å². The Balaban J connectivity index is 1.72. The Morgan fingerprint density at radius 3 is 2.61 bits per heavy atom. The molecule has 1 N–H and O–H groups in total. The van der Waals surface area contributed by atoms with Gasteiger partial charge in [0.1, 0.15) is 5.75 Å². The van der Waals surface area contributed by atoms with E-state index in [1.54, 1.807) is 41.7 Å². The van der Waals surface area contributed by atoms with Gasteiger partial charge in [-0.05, 0) is 84.0 Å². The molecule has 1 heterocycles. The molecule has 2 aromatic carbocycles. The van der Waals surface area contributed by atoms with Gasteiger partial charge in [-0.15, -0.1) is 6.42 Å². The van der Waals surface area contributed by atoms with Gasteiger partial charge in [-0.2, -0.15) is 16.1 Å². The minimum atomic E-state index is -3.65. The average molecular weight is 573 g/mol. The van der Waals surface area contributed by atoms with Crippen molar-refractivity contribution in [2.45, 2.75) is 50.5 Å². The van der Waals surface area contributed by atoms with Crippen LogP contribution in [-0.4, -0.2) is 38.9 Å². The third-order valence-electron chi connectivity index (χ3n) is 5.90. The third-order valence-corrected chi connectivity index (χ3v) is 8.29. The second-order valence-electron chi connectivity index (χ2n) is 8.82. The van der Waals surface area contributed by atoms with Crippen LogP contribution in [0.2, 0.25) is 5.02 Å². The third kappa shape index (κ3) is 9.17. The molecule has 38 heavy (non-hydrogen) atoms. The van der Waals surface area contributed by atoms with Crippen LogP contribution in [-0.2, 0) is 34.2 Å². The van der Waals surface area contributed by atoms with E-state index in [0.717, 1.165) is 36.1 Å². The molecule has 3 rings (SSSR count). The van der Waals surface area contributed by atoms with Crippen LogP contribution in [0.3, 0.4) is 0 Å². The van der Waals surface area contributed by atoms with Gasteiger partial charge in [0.15, 0.2) is 0 Å². The largest absolute Gasteiger partial charge is 0.493 e. The topological polar surface area (TPSA) is 75.7 Å². The van der Waals surface area contributed by atoms with E-state index < -0.39 is 10.0 Å². The number of amides is 1. The first-order valence-electron chi connectivity index (χ1n) is 12.5. The highest BCUT2D eigenvalue weighted by atomic mass is 35.5. The second kappa shape index (κ2) is 14.9. The summed E-state index contributed by atoms with van der Waals surface area (Å²) in [5.41, 5.74) is 3.02. The fourth-order valence-electron chi connectivity index (χ4n) is 3.88. The fraction of sp³-hybridized carbons (Fsp3) is 0.345. The number of sulfonamides is 1. The lowest BCUT2D eigenvalue weighted by Gasteiger charge is -2.24. The number of hydrogen-bond acceptors (Lipinski definition) is 5. The van der Waals surface area contributed by atoms with Gasteiger partial charge < -0.3 is 9.64 Å². The number of halogens is 1. The van der Waals surface area contributed by atoms with Crippen molar-refractivity contribution in [3.05, 3.63) is 81.0 Å². The Kier molecular flexibility index (Phi) is 11.7. The molecule has 0 unspecified atom stereocenters. The molecule has 0 saturated heterocycles. The maximum absolute atomic E-state index is 13.3. The Morgan fingerprint density at radius 2 is 1.92 bits per heavy atom. The van der Waals surface area contributed by atoms with Gasteiger partial charge in [-0.3, -0.25) is 4.79 Å². The molecule has 0 aliphatic carbocycles. The van der Waals surface area contributed by atoms with Crippen LogP contribution in [0.1, 0.15) is 42.9 Å². The van der Waals surface area contributed by atoms with Crippen molar-refractivity contribution in [3.8, 4) is 18.1 Å². The van der Waals surface area contributed by atoms with Crippen molar-refractivity contribution in [1.29, 1.82) is 0 Å². The molecule has 0 fully saturated rings. The van der Waals surface area contributed by atoms with Gasteiger partial charge in [0.2, 0.25) is 15.9 Å². The Hall–Kier alpha value is -2.83. The molecule has 0 aliphatic rings. The van der Waals surface area contributed by atoms with E-state index in [9.17, 15) is 13.2 Å². The van der Waals surface area contributed by atoms with Crippen LogP contribution in [0.15, 0.2) is 64.2 Å². The number of ether oxygens (including phenoxy) is 1. The molecule has 0 atom stereocenters. The van der Waals surface area contributed by atoms with Crippen molar-refractivity contribution in [1.82, 2.24) is 9.62 Å². The maximum atomic E-state index is 13.3. The molecular formula is C29H33ClN2O4S2. The number of terminal acetylenes is 1. The van der Waals surface area contributed by atoms with Crippen LogP contribution in [0, 0.1) is 12.3 Å². The van der Waals surface area contributed by atoms with E-state index in [4.69, 9.17) is 22.8 Å². The minimum Gasteiger partial charge on any atom is -0.493 e. The SMILES string of the molecule is C#CCNS(=O)(=O)c1ccc(CCN(Cc2cc(Cl)ccc2OCCC)C(=O)CCCc2ccsc2)cc1. The Bertz CT molecular complexity index is 1320. The average Bonchev–Trinajstić information content (AvgIpc) is 3.43. The van der Waals surface area contributed by atoms with Crippen LogP contribution in [0.25, 0.3) is 0 Å². The highest BCUT2D eigenvalue weighted by molar-refractivity contribution is 7.89. The summed E-state index contributed by atoms with van der Waals surface area (Å²) < 4.78 is 32.9. The summed E-state index contributed by atoms with van der Waals surface area (Å²) in [6, 6.07) is 14.2. The Labute approximate surface area is 235 Å². The molecule has 1 amide bonds. The molecule has 0 aliphatic heterocycles. The number of hydrogen-bond donors (Lipinski definition) is 1. The smallest absolute Gasteiger partial charge is 0.241 e. The summed E-state index contributed by atoms with van der Waals surface area (Å²) in [7, 11) is -3.65. The molecular weight excluding hydrogens is 540 g/mol. The molecule has 0 spiro atoms. The number of nitrogens with one attached hydrogen (secondary N) is 1. The van der Waals surface area contributed by atoms with Crippen molar-refractivity contribution >= 4 is 38.9 Å². The van der Waals surface area contributed by atoms with E-state index in [-0.39, 0.29) is 17.3 Å². The molecule has 3 aromatic rings. The normalized spacial score (nSPS) is 11.2. The molecule has 0 radical (unpaired) electrons. The number of rotatable bonds is 15. The number of aryl methyl sites for hydroxylation is 1. The number of nitrogens with zero attached hydrogens (tertiary/aromatic N) is 1. The van der Waals surface area contributed by atoms with Crippen molar-refractivity contribution in [3.63, 3.8) is 0 Å². The molecule has 0 bridgehead atoms. The molecule has 0 saturated carbocycles. The predicted octanol–water partition coefficient (Wildman–Crippen LogP) is 5.70. The van der Waals surface area contributed by atoms with Crippen LogP contribution >= 0.6 is 22.9 Å². The van der Waals surface area contributed by atoms with Crippen molar-refractivity contribution in [2.75, 3.05) is 19.7 Å². The zero-order valence-corrected chi connectivity index (χ0v) is 23.9. The molecule has 1 aromatic heterocycles. The first-order valence-corrected chi connectivity index (χ1v) is 15.3. The first-order chi connectivity index (χ1) is 18.3. The zero-order valence-electron chi connectivity index (χ0n) is 21.5. The van der Waals surface area contributed by atoms with Crippen LogP contribution in [0.5, 0.6) is 5.75 Å². The Morgan fingerprint density at radius 1 is 1.13 bits per heavy atom. The van der Waals surface area contributed by atoms with Crippen molar-refractivity contribution < 1.29 is 17.9 Å². The summed E-state index contributed by atoms with van der Waals surface area (Å²) in [5, 5.41) is 4.74. The summed E-state index contributed by atoms with van der Waals surface area (Å²) in [6.07, 6.45) is 8.65. The number of thiophene rings is 1. The summed E-state index contributed by atoms with van der Waals surface area (Å²) in [6.45, 7) is 3.40. The first kappa shape index (κ1) is 29.7. The van der Waals surface area contributed by atoms with Gasteiger partial charge in [0, 0.05) is 30.1 Å². The number of carbonyl (C=O) groups excluding carboxylic acids is 1. The van der Waals surface area contributed by atoms with Crippen LogP contribution < -0.4 is 9.46 Å². The van der Waals surface area contributed by atoms with Gasteiger partial charge in [-0.25, -0.2) is 8.42 Å². The lowest BCUT2D eigenvalue weighted by atomic mass is 10.1. The maximum Gasteiger partial charge on any atom is 0.241 e. The minimum absolute atomic E-state index is 0.0549. The van der Waals surface area contributed by atoms with Gasteiger partial charge in [0.05, 0.1) is 18.0 Å². The molecule has 202 valence electrons. The fourth-order valence-corrected chi connectivity index (χ4v) is 5.71. The summed E-state index contributed by atoms with van der Waals surface area (Å²) in [5.74, 6) is 3.04. The quantitative estimate of drug-likeness (QED) is 0.237. The van der Waals surface area contributed by atoms with E-state index in [2.05, 4.69) is 22.1 Å². The van der Waals surface area contributed by atoms with Crippen LogP contribution in [0.4, 0.5) is 0 Å². The highest BCUT2D eigenvalue weighted by Crippen LogP contribution is 2.25. The lowest BCUT2D eigenvalue weighted by Crippen LogP contribution is -2.32. The van der Waals surface area contributed by atoms with Crippen molar-refractivity contribution in [2.24, 2.45) is 0 Å². The van der Waals surface area contributed by atoms with Gasteiger partial charge >= 0.3 is 0 Å². The monoisotopic (exact) mass is 572 g/mol. The zero-order chi connectivity index (χ0) is 27.4. The lowest BCUT2D eigenvalue weighted by molar-refractivity contribution is -0.131. The molecule has 6 nitrogen and oxygen atoms in total. The summed E-state index contributed by atoms with van der Waals surface area (Å²) >= 11 is 7.94. The number of carbonyl (C=O) groups is 1. The molecule has 9 heteroatoms. The summed E-state index contributed by atoms with van der Waals surface area (Å²) in [4.78, 5) is 15.3.